The third-order valence-electron chi connectivity index (χ3n) is 11.9. The molecule has 0 heterocycles. The molecule has 0 fully saturated rings. The predicted molar refractivity (Wildman–Crippen MR) is 268 cm³/mol. The second kappa shape index (κ2) is 47.3. The summed E-state index contributed by atoms with van der Waals surface area (Å²) in [6.45, 7) is 4.82. The first kappa shape index (κ1) is 61.8. The molecule has 9 heteroatoms. The third kappa shape index (κ3) is 47.7. The number of ether oxygens (including phenoxy) is 4. The van der Waals surface area contributed by atoms with Crippen LogP contribution < -0.4 is 0 Å². The van der Waals surface area contributed by atoms with Gasteiger partial charge >= 0.3 is 17.9 Å². The van der Waals surface area contributed by atoms with Crippen molar-refractivity contribution in [3.05, 3.63) is 24.3 Å². The van der Waals surface area contributed by atoms with Crippen LogP contribution in [0.25, 0.3) is 0 Å². The van der Waals surface area contributed by atoms with Crippen LogP contribution in [0.1, 0.15) is 251 Å². The van der Waals surface area contributed by atoms with E-state index in [2.05, 4.69) is 38.2 Å². The normalized spacial score (nSPS) is 13.0. The molecule has 64 heavy (non-hydrogen) atoms. The van der Waals surface area contributed by atoms with Crippen LogP contribution in [-0.4, -0.2) is 87.4 Å². The molecule has 0 aliphatic carbocycles. The molecule has 2 atom stereocenters. The lowest BCUT2D eigenvalue weighted by Gasteiger charge is -2.25. The topological polar surface area (TPSA) is 108 Å². The van der Waals surface area contributed by atoms with E-state index in [1.165, 1.54) is 161 Å². The van der Waals surface area contributed by atoms with Crippen molar-refractivity contribution >= 4 is 17.9 Å². The Balaban J connectivity index is 4.08. The van der Waals surface area contributed by atoms with Gasteiger partial charge < -0.3 is 28.5 Å². The summed E-state index contributed by atoms with van der Waals surface area (Å²) < 4.78 is 22.8. The molecule has 2 unspecified atom stereocenters. The van der Waals surface area contributed by atoms with Crippen LogP contribution in [-0.2, 0) is 33.3 Å². The van der Waals surface area contributed by atoms with E-state index in [-0.39, 0.29) is 32.2 Å². The number of aliphatic carboxylic acids is 1. The fourth-order valence-corrected chi connectivity index (χ4v) is 7.72. The molecule has 0 aliphatic rings. The Hall–Kier alpha value is -2.23. The maximum absolute atomic E-state index is 12.8. The number of carboxylic acid groups (broad SMARTS) is 1. The van der Waals surface area contributed by atoms with Crippen LogP contribution in [0.2, 0.25) is 0 Å². The van der Waals surface area contributed by atoms with Crippen LogP contribution in [0, 0.1) is 0 Å². The zero-order valence-corrected chi connectivity index (χ0v) is 42.7. The quantitative estimate of drug-likeness (QED) is 0.0211. The van der Waals surface area contributed by atoms with Gasteiger partial charge in [0.15, 0.2) is 6.10 Å². The Kier molecular flexibility index (Phi) is 45.6. The summed E-state index contributed by atoms with van der Waals surface area (Å²) in [5.74, 6) is -2.01. The van der Waals surface area contributed by atoms with Gasteiger partial charge in [0.2, 0.25) is 0 Å². The minimum Gasteiger partial charge on any atom is -0.477 e. The lowest BCUT2D eigenvalue weighted by Crippen LogP contribution is -2.40. The Morgan fingerprint density at radius 2 is 0.828 bits per heavy atom. The molecule has 1 N–H and O–H groups in total. The average Bonchev–Trinajstić information content (AvgIpc) is 3.26. The van der Waals surface area contributed by atoms with Crippen LogP contribution in [0.4, 0.5) is 0 Å². The van der Waals surface area contributed by atoms with E-state index in [0.717, 1.165) is 64.2 Å². The number of likely N-dealkylation sites (N-methyl/N-ethyl adjacent to an activating group) is 1. The second-order valence-electron chi connectivity index (χ2n) is 19.5. The SMILES string of the molecule is CCC/C=C\CCCCCCCC(=O)OCC(COC(OCC[N+](C)(C)C)C(=O)O)OC(=O)CCCCCCCCCCCCCCCCCCC/C=C\CCCCCCCCCC. The molecule has 376 valence electrons. The fourth-order valence-electron chi connectivity index (χ4n) is 7.72. The molecule has 0 aromatic heterocycles. The molecule has 0 aliphatic heterocycles. The van der Waals surface area contributed by atoms with Gasteiger partial charge in [0.05, 0.1) is 34.4 Å². The van der Waals surface area contributed by atoms with Gasteiger partial charge in [-0.25, -0.2) is 4.79 Å². The van der Waals surface area contributed by atoms with Gasteiger partial charge in [0, 0.05) is 12.8 Å². The average molecular weight is 907 g/mol. The number of hydrogen-bond acceptors (Lipinski definition) is 7. The minimum absolute atomic E-state index is 0.183. The van der Waals surface area contributed by atoms with Gasteiger partial charge in [0.1, 0.15) is 13.2 Å². The van der Waals surface area contributed by atoms with E-state index in [1.54, 1.807) is 0 Å². The summed E-state index contributed by atoms with van der Waals surface area (Å²) in [5.41, 5.74) is 0. The Labute approximate surface area is 395 Å². The van der Waals surface area contributed by atoms with Crippen molar-refractivity contribution in [1.29, 1.82) is 0 Å². The molecule has 0 bridgehead atoms. The van der Waals surface area contributed by atoms with Gasteiger partial charge in [-0.1, -0.05) is 205 Å². The Morgan fingerprint density at radius 1 is 0.453 bits per heavy atom. The molecule has 0 aromatic rings. The number of esters is 2. The van der Waals surface area contributed by atoms with Gasteiger partial charge in [-0.3, -0.25) is 9.59 Å². The molecule has 0 spiro atoms. The molecule has 0 radical (unpaired) electrons. The first-order valence-corrected chi connectivity index (χ1v) is 27.0. The standard InChI is InChI=1S/C55H103NO8/c1-6-8-10-12-14-16-18-19-20-21-22-23-24-25-26-27-28-29-30-31-32-33-34-35-36-38-40-42-44-46-53(58)64-51(50-63-55(54(59)60)61-48-47-56(3,4)5)49-62-52(57)45-43-41-39-37-17-15-13-11-9-7-2/h11,13,21-22,51,55H,6-10,12,14-20,23-50H2,1-5H3/p+1/b13-11-,22-21-. The minimum atomic E-state index is -1.51. The van der Waals surface area contributed by atoms with Crippen molar-refractivity contribution < 1.29 is 42.9 Å². The van der Waals surface area contributed by atoms with Gasteiger partial charge in [-0.2, -0.15) is 0 Å². The summed E-state index contributed by atoms with van der Waals surface area (Å²) >= 11 is 0. The molecule has 0 rings (SSSR count). The van der Waals surface area contributed by atoms with Crippen LogP contribution in [0.3, 0.4) is 0 Å². The second-order valence-corrected chi connectivity index (χ2v) is 19.5. The third-order valence-corrected chi connectivity index (χ3v) is 11.9. The number of carbonyl (C=O) groups is 3. The van der Waals surface area contributed by atoms with Crippen molar-refractivity contribution in [2.45, 2.75) is 264 Å². The zero-order valence-electron chi connectivity index (χ0n) is 42.7. The van der Waals surface area contributed by atoms with Crippen LogP contribution in [0.15, 0.2) is 24.3 Å². The van der Waals surface area contributed by atoms with E-state index < -0.39 is 24.3 Å². The highest BCUT2D eigenvalue weighted by atomic mass is 16.7. The Morgan fingerprint density at radius 3 is 1.22 bits per heavy atom. The van der Waals surface area contributed by atoms with Crippen molar-refractivity contribution in [3.8, 4) is 0 Å². The first-order chi connectivity index (χ1) is 31.1. The smallest absolute Gasteiger partial charge is 0.361 e. The van der Waals surface area contributed by atoms with Crippen molar-refractivity contribution in [2.75, 3.05) is 47.5 Å². The number of carboxylic acids is 1. The van der Waals surface area contributed by atoms with Crippen molar-refractivity contribution in [3.63, 3.8) is 0 Å². The summed E-state index contributed by atoms with van der Waals surface area (Å²) in [4.78, 5) is 37.2. The van der Waals surface area contributed by atoms with Crippen LogP contribution >= 0.6 is 0 Å². The molecule has 0 aromatic carbocycles. The summed E-state index contributed by atoms with van der Waals surface area (Å²) in [5, 5.41) is 9.65. The Bertz CT molecular complexity index is 1100. The first-order valence-electron chi connectivity index (χ1n) is 27.0. The van der Waals surface area contributed by atoms with E-state index >= 15 is 0 Å². The number of carbonyl (C=O) groups excluding carboxylic acids is 2. The largest absolute Gasteiger partial charge is 0.477 e. The lowest BCUT2D eigenvalue weighted by molar-refractivity contribution is -0.870. The number of hydrogen-bond donors (Lipinski definition) is 1. The number of quaternary nitrogens is 1. The maximum atomic E-state index is 12.8. The van der Waals surface area contributed by atoms with Gasteiger partial charge in [-0.05, 0) is 57.8 Å². The van der Waals surface area contributed by atoms with E-state index in [1.807, 2.05) is 21.1 Å². The number of nitrogens with zero attached hydrogens (tertiary/aromatic N) is 1. The van der Waals surface area contributed by atoms with Crippen LogP contribution in [0.5, 0.6) is 0 Å². The molecule has 9 nitrogen and oxygen atoms in total. The molecule has 0 saturated carbocycles. The molecule has 0 saturated heterocycles. The van der Waals surface area contributed by atoms with Gasteiger partial charge in [0.25, 0.3) is 6.29 Å². The summed E-state index contributed by atoms with van der Waals surface area (Å²) in [6, 6.07) is 0. The number of unbranched alkanes of at least 4 members (excludes halogenated alkanes) is 31. The predicted octanol–water partition coefficient (Wildman–Crippen LogP) is 15.2. The number of allylic oxidation sites excluding steroid dienone is 4. The lowest BCUT2D eigenvalue weighted by atomic mass is 10.0. The summed E-state index contributed by atoms with van der Waals surface area (Å²) in [7, 11) is 5.96. The number of rotatable bonds is 50. The fraction of sp³-hybridized carbons (Fsp3) is 0.873. The highest BCUT2D eigenvalue weighted by Gasteiger charge is 2.25. The van der Waals surface area contributed by atoms with Crippen molar-refractivity contribution in [1.82, 2.24) is 0 Å². The maximum Gasteiger partial charge on any atom is 0.361 e. The highest BCUT2D eigenvalue weighted by molar-refractivity contribution is 5.71. The van der Waals surface area contributed by atoms with E-state index in [9.17, 15) is 19.5 Å². The zero-order chi connectivity index (χ0) is 47.0. The molecular weight excluding hydrogens is 803 g/mol. The van der Waals surface area contributed by atoms with E-state index in [0.29, 0.717) is 17.4 Å². The molecule has 0 amide bonds. The summed E-state index contributed by atoms with van der Waals surface area (Å²) in [6.07, 6.45) is 51.3. The monoisotopic (exact) mass is 907 g/mol. The van der Waals surface area contributed by atoms with E-state index in [4.69, 9.17) is 18.9 Å². The molecular formula is C55H104NO8+. The van der Waals surface area contributed by atoms with Crippen molar-refractivity contribution in [2.24, 2.45) is 0 Å². The van der Waals surface area contributed by atoms with Gasteiger partial charge in [-0.15, -0.1) is 0 Å². The highest BCUT2D eigenvalue weighted by Crippen LogP contribution is 2.16.